The van der Waals surface area contributed by atoms with Gasteiger partial charge >= 0.3 is 5.97 Å². The van der Waals surface area contributed by atoms with Crippen molar-refractivity contribution in [2.24, 2.45) is 0 Å². The Morgan fingerprint density at radius 1 is 1.09 bits per heavy atom. The number of benzene rings is 2. The maximum Gasteiger partial charge on any atom is 0.325 e. The van der Waals surface area contributed by atoms with Gasteiger partial charge in [-0.25, -0.2) is 0 Å². The number of piperidine rings is 1. The van der Waals surface area contributed by atoms with Crippen LogP contribution in [0, 0.1) is 0 Å². The van der Waals surface area contributed by atoms with Gasteiger partial charge in [-0.15, -0.1) is 0 Å². The molecule has 2 aromatic carbocycles. The highest BCUT2D eigenvalue weighted by molar-refractivity contribution is 6.42. The summed E-state index contributed by atoms with van der Waals surface area (Å²) in [5.41, 5.74) is 0.806. The summed E-state index contributed by atoms with van der Waals surface area (Å²) >= 11 is 12.1. The molecule has 2 atom stereocenters. The van der Waals surface area contributed by atoms with Crippen LogP contribution in [0.3, 0.4) is 0 Å². The van der Waals surface area contributed by atoms with Crippen molar-refractivity contribution in [3.05, 3.63) is 64.1 Å². The van der Waals surface area contributed by atoms with Gasteiger partial charge in [-0.2, -0.15) is 0 Å². The fourth-order valence-electron chi connectivity index (χ4n) is 4.47. The van der Waals surface area contributed by atoms with Crippen LogP contribution in [0.4, 0.5) is 0 Å². The van der Waals surface area contributed by atoms with E-state index in [9.17, 15) is 9.90 Å². The molecule has 8 heteroatoms. The van der Waals surface area contributed by atoms with Crippen molar-refractivity contribution in [2.45, 2.75) is 31.1 Å². The van der Waals surface area contributed by atoms with E-state index in [1.165, 1.54) is 0 Å². The van der Waals surface area contributed by atoms with E-state index < -0.39 is 12.0 Å². The van der Waals surface area contributed by atoms with Crippen LogP contribution in [0.1, 0.15) is 24.4 Å². The molecule has 2 saturated heterocycles. The van der Waals surface area contributed by atoms with Crippen molar-refractivity contribution in [1.29, 1.82) is 0 Å². The maximum absolute atomic E-state index is 12.0. The number of nitrogens with zero attached hydrogens (tertiary/aromatic N) is 2. The minimum Gasteiger partial charge on any atom is -0.490 e. The summed E-state index contributed by atoms with van der Waals surface area (Å²) in [5, 5.41) is 10.9. The van der Waals surface area contributed by atoms with Gasteiger partial charge in [-0.1, -0.05) is 53.5 Å². The molecule has 172 valence electrons. The lowest BCUT2D eigenvalue weighted by Crippen LogP contribution is -2.51. The Balaban J connectivity index is 1.28. The molecule has 4 rings (SSSR count). The van der Waals surface area contributed by atoms with Gasteiger partial charge in [0.25, 0.3) is 0 Å². The van der Waals surface area contributed by atoms with Crippen molar-refractivity contribution in [3.63, 3.8) is 0 Å². The maximum atomic E-state index is 12.0. The Bertz CT molecular complexity index is 906. The van der Waals surface area contributed by atoms with Gasteiger partial charge in [0.2, 0.25) is 0 Å². The lowest BCUT2D eigenvalue weighted by Gasteiger charge is -2.40. The highest BCUT2D eigenvalue weighted by Gasteiger charge is 2.33. The quantitative estimate of drug-likeness (QED) is 0.637. The Morgan fingerprint density at radius 2 is 1.84 bits per heavy atom. The third-order valence-electron chi connectivity index (χ3n) is 6.07. The Kier molecular flexibility index (Phi) is 7.92. The van der Waals surface area contributed by atoms with Crippen LogP contribution in [0.2, 0.25) is 10.0 Å². The number of aliphatic carboxylic acids is 1. The number of carboxylic acid groups (broad SMARTS) is 1. The first-order valence-electron chi connectivity index (χ1n) is 11.0. The molecule has 0 aromatic heterocycles. The second kappa shape index (κ2) is 10.9. The van der Waals surface area contributed by atoms with Crippen molar-refractivity contribution in [2.75, 3.05) is 39.3 Å². The summed E-state index contributed by atoms with van der Waals surface area (Å²) in [4.78, 5) is 16.4. The van der Waals surface area contributed by atoms with Crippen molar-refractivity contribution >= 4 is 29.2 Å². The van der Waals surface area contributed by atoms with Crippen molar-refractivity contribution in [1.82, 2.24) is 9.80 Å². The summed E-state index contributed by atoms with van der Waals surface area (Å²) in [6, 6.07) is 14.1. The lowest BCUT2D eigenvalue weighted by atomic mass is 10.0. The number of ether oxygens (including phenoxy) is 2. The number of halogens is 2. The van der Waals surface area contributed by atoms with E-state index in [1.54, 1.807) is 12.1 Å². The number of carboxylic acids is 1. The molecular weight excluding hydrogens is 451 g/mol. The van der Waals surface area contributed by atoms with Crippen molar-refractivity contribution < 1.29 is 19.4 Å². The first kappa shape index (κ1) is 23.3. The first-order valence-corrected chi connectivity index (χ1v) is 11.7. The molecule has 2 aliphatic heterocycles. The molecule has 0 saturated carbocycles. The molecule has 0 radical (unpaired) electrons. The number of carbonyl (C=O) groups is 1. The zero-order valence-electron chi connectivity index (χ0n) is 17.8. The topological polar surface area (TPSA) is 62.2 Å². The van der Waals surface area contributed by atoms with Crippen molar-refractivity contribution in [3.8, 4) is 5.75 Å². The van der Waals surface area contributed by atoms with Gasteiger partial charge in [0.15, 0.2) is 0 Å². The first-order chi connectivity index (χ1) is 15.5. The number of hydrogen-bond donors (Lipinski definition) is 1. The number of morpholine rings is 1. The average Bonchev–Trinajstić information content (AvgIpc) is 2.79. The second-order valence-corrected chi connectivity index (χ2v) is 9.15. The number of likely N-dealkylation sites (tertiary alicyclic amines) is 1. The molecule has 32 heavy (non-hydrogen) atoms. The summed E-state index contributed by atoms with van der Waals surface area (Å²) in [7, 11) is 0. The normalized spacial score (nSPS) is 21.9. The van der Waals surface area contributed by atoms with E-state index in [-0.39, 0.29) is 12.2 Å². The summed E-state index contributed by atoms with van der Waals surface area (Å²) in [6.45, 7) is 4.36. The largest absolute Gasteiger partial charge is 0.490 e. The Hall–Kier alpha value is -1.83. The van der Waals surface area contributed by atoms with Crippen LogP contribution in [-0.2, 0) is 9.53 Å². The molecule has 0 spiro atoms. The molecular formula is C24H28Cl2N2O4. The zero-order valence-corrected chi connectivity index (χ0v) is 19.3. The molecule has 1 N–H and O–H groups in total. The average molecular weight is 479 g/mol. The monoisotopic (exact) mass is 478 g/mol. The zero-order chi connectivity index (χ0) is 22.5. The minimum absolute atomic E-state index is 0.0122. The second-order valence-electron chi connectivity index (χ2n) is 8.33. The van der Waals surface area contributed by atoms with Gasteiger partial charge in [-0.3, -0.25) is 9.69 Å². The molecule has 2 aliphatic rings. The predicted octanol–water partition coefficient (Wildman–Crippen LogP) is 4.36. The minimum atomic E-state index is -0.822. The number of hydrogen-bond acceptors (Lipinski definition) is 5. The van der Waals surface area contributed by atoms with Gasteiger partial charge < -0.3 is 19.5 Å². The van der Waals surface area contributed by atoms with E-state index in [0.717, 1.165) is 43.8 Å². The van der Waals surface area contributed by atoms with Crippen LogP contribution in [-0.4, -0.2) is 72.4 Å². The van der Waals surface area contributed by atoms with E-state index in [2.05, 4.69) is 4.90 Å². The lowest BCUT2D eigenvalue weighted by molar-refractivity contribution is -0.147. The summed E-state index contributed by atoms with van der Waals surface area (Å²) in [6.07, 6.45) is 1.96. The molecule has 0 unspecified atom stereocenters. The van der Waals surface area contributed by atoms with Crippen LogP contribution in [0.15, 0.2) is 48.5 Å². The van der Waals surface area contributed by atoms with Gasteiger partial charge in [0, 0.05) is 38.8 Å². The van der Waals surface area contributed by atoms with E-state index >= 15 is 0 Å². The Morgan fingerprint density at radius 3 is 2.53 bits per heavy atom. The molecule has 0 aliphatic carbocycles. The smallest absolute Gasteiger partial charge is 0.325 e. The summed E-state index contributed by atoms with van der Waals surface area (Å²) in [5.74, 6) is -0.0816. The van der Waals surface area contributed by atoms with E-state index in [4.69, 9.17) is 32.7 Å². The van der Waals surface area contributed by atoms with E-state index in [1.807, 2.05) is 41.3 Å². The molecule has 2 fully saturated rings. The Labute approximate surface area is 198 Å². The molecule has 6 nitrogen and oxygen atoms in total. The highest BCUT2D eigenvalue weighted by Crippen LogP contribution is 2.28. The standard InChI is InChI=1S/C24H28Cl2N2O4/c25-21-7-6-19(14-22(21)26)32-18-8-10-27(11-9-18)15-20-16-28(12-13-31-20)23(24(29)30)17-4-2-1-3-5-17/h1-7,14,18,20,23H,8-13,15-16H2,(H,29,30)/t20-,23-/m0/s1. The third kappa shape index (κ3) is 5.94. The summed E-state index contributed by atoms with van der Waals surface area (Å²) < 4.78 is 12.1. The number of rotatable bonds is 7. The SMILES string of the molecule is O=C(O)[C@H](c1ccccc1)N1CCO[C@@H](CN2CCC(Oc3ccc(Cl)c(Cl)c3)CC2)C1. The van der Waals surface area contributed by atoms with E-state index in [0.29, 0.717) is 29.7 Å². The van der Waals surface area contributed by atoms with Gasteiger partial charge in [0.1, 0.15) is 17.9 Å². The van der Waals surface area contributed by atoms with Gasteiger partial charge in [-0.05, 0) is 30.5 Å². The predicted molar refractivity (Wildman–Crippen MR) is 125 cm³/mol. The van der Waals surface area contributed by atoms with Crippen LogP contribution >= 0.6 is 23.2 Å². The molecule has 2 aromatic rings. The fraction of sp³-hybridized carbons (Fsp3) is 0.458. The molecule has 2 heterocycles. The van der Waals surface area contributed by atoms with Crippen LogP contribution in [0.25, 0.3) is 0 Å². The fourth-order valence-corrected chi connectivity index (χ4v) is 4.76. The molecule has 0 bridgehead atoms. The van der Waals surface area contributed by atoms with Gasteiger partial charge in [0.05, 0.1) is 22.8 Å². The van der Waals surface area contributed by atoms with Crippen LogP contribution < -0.4 is 4.74 Å². The molecule has 0 amide bonds. The third-order valence-corrected chi connectivity index (χ3v) is 6.81. The van der Waals surface area contributed by atoms with Crippen LogP contribution in [0.5, 0.6) is 5.75 Å². The highest BCUT2D eigenvalue weighted by atomic mass is 35.5.